The maximum Gasteiger partial charge on any atom is 0.140 e. The lowest BCUT2D eigenvalue weighted by Gasteiger charge is -2.00. The maximum absolute atomic E-state index is 6.02. The Labute approximate surface area is 125 Å². The van der Waals surface area contributed by atoms with Gasteiger partial charge in [0.1, 0.15) is 11.6 Å². The molecule has 0 saturated heterocycles. The number of aromatic amines is 2. The fraction of sp³-hybridized carbons (Fsp3) is 0.0625. The van der Waals surface area contributed by atoms with Crippen LogP contribution in [0.2, 0.25) is 5.02 Å². The third kappa shape index (κ3) is 1.96. The molecule has 5 heteroatoms. The fourth-order valence-corrected chi connectivity index (χ4v) is 2.70. The standard InChI is InChI=1S/C16H12ClN3O/c1-21-10-3-5-13-11(7-10)12(8-18-13)16-19-14-4-2-9(17)6-15(14)20-16/h2-8,18H,1H3,(H,19,20). The molecule has 0 atom stereocenters. The van der Waals surface area contributed by atoms with E-state index in [1.165, 1.54) is 0 Å². The summed E-state index contributed by atoms with van der Waals surface area (Å²) in [6.07, 6.45) is 1.95. The molecule has 4 nitrogen and oxygen atoms in total. The smallest absolute Gasteiger partial charge is 0.140 e. The van der Waals surface area contributed by atoms with Gasteiger partial charge in [0.05, 0.1) is 18.1 Å². The number of halogens is 1. The topological polar surface area (TPSA) is 53.7 Å². The van der Waals surface area contributed by atoms with Gasteiger partial charge in [0.15, 0.2) is 0 Å². The zero-order valence-corrected chi connectivity index (χ0v) is 12.0. The number of H-pyrrole nitrogens is 2. The molecule has 0 aliphatic carbocycles. The molecule has 4 aromatic rings. The monoisotopic (exact) mass is 297 g/mol. The molecule has 104 valence electrons. The summed E-state index contributed by atoms with van der Waals surface area (Å²) in [7, 11) is 1.66. The summed E-state index contributed by atoms with van der Waals surface area (Å²) < 4.78 is 5.30. The molecule has 0 saturated carbocycles. The predicted molar refractivity (Wildman–Crippen MR) is 84.9 cm³/mol. The average Bonchev–Trinajstić information content (AvgIpc) is 3.08. The summed E-state index contributed by atoms with van der Waals surface area (Å²) in [4.78, 5) is 11.2. The van der Waals surface area contributed by atoms with Crippen LogP contribution in [-0.4, -0.2) is 22.1 Å². The zero-order chi connectivity index (χ0) is 14.4. The lowest BCUT2D eigenvalue weighted by atomic mass is 10.1. The predicted octanol–water partition coefficient (Wildman–Crippen LogP) is 4.37. The van der Waals surface area contributed by atoms with Crippen molar-refractivity contribution in [2.45, 2.75) is 0 Å². The summed E-state index contributed by atoms with van der Waals surface area (Å²) in [5, 5.41) is 1.76. The quantitative estimate of drug-likeness (QED) is 0.577. The average molecular weight is 298 g/mol. The van der Waals surface area contributed by atoms with Gasteiger partial charge in [-0.05, 0) is 36.4 Å². The van der Waals surface area contributed by atoms with Crippen molar-refractivity contribution in [3.63, 3.8) is 0 Å². The molecule has 21 heavy (non-hydrogen) atoms. The van der Waals surface area contributed by atoms with E-state index in [-0.39, 0.29) is 0 Å². The van der Waals surface area contributed by atoms with Crippen LogP contribution in [0.25, 0.3) is 33.3 Å². The van der Waals surface area contributed by atoms with Crippen LogP contribution in [0.1, 0.15) is 0 Å². The van der Waals surface area contributed by atoms with Gasteiger partial charge < -0.3 is 14.7 Å². The van der Waals surface area contributed by atoms with E-state index < -0.39 is 0 Å². The van der Waals surface area contributed by atoms with Crippen molar-refractivity contribution in [2.75, 3.05) is 7.11 Å². The number of fused-ring (bicyclic) bond motifs is 2. The number of hydrogen-bond acceptors (Lipinski definition) is 2. The van der Waals surface area contributed by atoms with Crippen LogP contribution in [0.4, 0.5) is 0 Å². The Hall–Kier alpha value is -2.46. The van der Waals surface area contributed by atoms with E-state index >= 15 is 0 Å². The molecule has 0 bridgehead atoms. The molecule has 0 spiro atoms. The Morgan fingerprint density at radius 2 is 2.00 bits per heavy atom. The van der Waals surface area contributed by atoms with Crippen molar-refractivity contribution in [1.82, 2.24) is 15.0 Å². The molecule has 2 heterocycles. The SMILES string of the molecule is COc1ccc2[nH]cc(-c3nc4ccc(Cl)cc4[nH]3)c2c1. The van der Waals surface area contributed by atoms with Crippen molar-refractivity contribution < 1.29 is 4.74 Å². The van der Waals surface area contributed by atoms with Crippen LogP contribution >= 0.6 is 11.6 Å². The first kappa shape index (κ1) is 12.3. The highest BCUT2D eigenvalue weighted by molar-refractivity contribution is 6.31. The molecule has 2 aromatic carbocycles. The van der Waals surface area contributed by atoms with Gasteiger partial charge in [-0.3, -0.25) is 0 Å². The summed E-state index contributed by atoms with van der Waals surface area (Å²) >= 11 is 6.02. The fourth-order valence-electron chi connectivity index (χ4n) is 2.53. The minimum Gasteiger partial charge on any atom is -0.497 e. The van der Waals surface area contributed by atoms with Crippen molar-refractivity contribution in [1.29, 1.82) is 0 Å². The highest BCUT2D eigenvalue weighted by Gasteiger charge is 2.11. The number of imidazole rings is 1. The van der Waals surface area contributed by atoms with E-state index in [4.69, 9.17) is 16.3 Å². The van der Waals surface area contributed by atoms with E-state index in [9.17, 15) is 0 Å². The van der Waals surface area contributed by atoms with E-state index in [2.05, 4.69) is 15.0 Å². The highest BCUT2D eigenvalue weighted by Crippen LogP contribution is 2.31. The third-order valence-electron chi connectivity index (χ3n) is 3.59. The molecule has 0 aliphatic heterocycles. The lowest BCUT2D eigenvalue weighted by molar-refractivity contribution is 0.415. The van der Waals surface area contributed by atoms with Crippen molar-refractivity contribution in [2.24, 2.45) is 0 Å². The zero-order valence-electron chi connectivity index (χ0n) is 11.3. The molecule has 0 fully saturated rings. The van der Waals surface area contributed by atoms with Gasteiger partial charge in [-0.15, -0.1) is 0 Å². The Bertz CT molecular complexity index is 955. The van der Waals surface area contributed by atoms with Gasteiger partial charge in [-0.25, -0.2) is 4.98 Å². The number of benzene rings is 2. The number of nitrogens with zero attached hydrogens (tertiary/aromatic N) is 1. The van der Waals surface area contributed by atoms with Crippen LogP contribution in [0.3, 0.4) is 0 Å². The van der Waals surface area contributed by atoms with Crippen molar-refractivity contribution >= 4 is 33.5 Å². The third-order valence-corrected chi connectivity index (χ3v) is 3.82. The normalized spacial score (nSPS) is 11.3. The van der Waals surface area contributed by atoms with E-state index in [0.717, 1.165) is 39.1 Å². The number of methoxy groups -OCH3 is 1. The number of nitrogens with one attached hydrogen (secondary N) is 2. The molecular formula is C16H12ClN3O. The number of hydrogen-bond donors (Lipinski definition) is 2. The Kier molecular flexibility index (Phi) is 2.65. The van der Waals surface area contributed by atoms with E-state index in [1.807, 2.05) is 42.6 Å². The summed E-state index contributed by atoms with van der Waals surface area (Å²) in [5.41, 5.74) is 3.88. The van der Waals surface area contributed by atoms with Crippen LogP contribution in [0.15, 0.2) is 42.6 Å². The second kappa shape index (κ2) is 4.53. The minimum absolute atomic E-state index is 0.693. The summed E-state index contributed by atoms with van der Waals surface area (Å²) in [5.74, 6) is 1.63. The Balaban J connectivity index is 1.94. The maximum atomic E-state index is 6.02. The van der Waals surface area contributed by atoms with Crippen molar-refractivity contribution in [3.05, 3.63) is 47.6 Å². The van der Waals surface area contributed by atoms with Gasteiger partial charge in [-0.2, -0.15) is 0 Å². The second-order valence-electron chi connectivity index (χ2n) is 4.86. The van der Waals surface area contributed by atoms with Gasteiger partial charge >= 0.3 is 0 Å². The molecule has 4 rings (SSSR count). The number of aromatic nitrogens is 3. The second-order valence-corrected chi connectivity index (χ2v) is 5.30. The van der Waals surface area contributed by atoms with Crippen LogP contribution in [0, 0.1) is 0 Å². The minimum atomic E-state index is 0.693. The lowest BCUT2D eigenvalue weighted by Crippen LogP contribution is -1.82. The largest absolute Gasteiger partial charge is 0.497 e. The molecule has 2 aromatic heterocycles. The highest BCUT2D eigenvalue weighted by atomic mass is 35.5. The first-order valence-corrected chi connectivity index (χ1v) is 6.93. The Morgan fingerprint density at radius 3 is 2.86 bits per heavy atom. The molecular weight excluding hydrogens is 286 g/mol. The van der Waals surface area contributed by atoms with Gasteiger partial charge in [0.25, 0.3) is 0 Å². The van der Waals surface area contributed by atoms with Gasteiger partial charge in [0, 0.05) is 27.7 Å². The number of rotatable bonds is 2. The van der Waals surface area contributed by atoms with Gasteiger partial charge in [-0.1, -0.05) is 11.6 Å². The Morgan fingerprint density at radius 1 is 1.10 bits per heavy atom. The van der Waals surface area contributed by atoms with Gasteiger partial charge in [0.2, 0.25) is 0 Å². The summed E-state index contributed by atoms with van der Waals surface area (Å²) in [6.45, 7) is 0. The molecule has 0 amide bonds. The van der Waals surface area contributed by atoms with E-state index in [0.29, 0.717) is 5.02 Å². The van der Waals surface area contributed by atoms with Crippen LogP contribution in [-0.2, 0) is 0 Å². The van der Waals surface area contributed by atoms with Crippen molar-refractivity contribution in [3.8, 4) is 17.1 Å². The summed E-state index contributed by atoms with van der Waals surface area (Å²) in [6, 6.07) is 11.6. The van der Waals surface area contributed by atoms with E-state index in [1.54, 1.807) is 7.11 Å². The molecule has 0 radical (unpaired) electrons. The van der Waals surface area contributed by atoms with Crippen LogP contribution in [0.5, 0.6) is 5.75 Å². The molecule has 0 aliphatic rings. The van der Waals surface area contributed by atoms with Crippen LogP contribution < -0.4 is 4.74 Å². The molecule has 0 unspecified atom stereocenters. The first-order chi connectivity index (χ1) is 10.2. The molecule has 2 N–H and O–H groups in total. The number of ether oxygens (including phenoxy) is 1. The first-order valence-electron chi connectivity index (χ1n) is 6.55.